The van der Waals surface area contributed by atoms with Crippen LogP contribution in [0.1, 0.15) is 16.1 Å². The van der Waals surface area contributed by atoms with Crippen molar-refractivity contribution in [2.24, 2.45) is 0 Å². The summed E-state index contributed by atoms with van der Waals surface area (Å²) in [5, 5.41) is 15.0. The van der Waals surface area contributed by atoms with E-state index in [0.29, 0.717) is 17.2 Å². The van der Waals surface area contributed by atoms with Crippen LogP contribution in [-0.2, 0) is 16.1 Å². The second kappa shape index (κ2) is 12.1. The molecule has 1 heterocycles. The number of pyridine rings is 1. The first-order valence-corrected chi connectivity index (χ1v) is 11.3. The zero-order valence-electron chi connectivity index (χ0n) is 19.3. The summed E-state index contributed by atoms with van der Waals surface area (Å²) >= 11 is 0. The van der Waals surface area contributed by atoms with Gasteiger partial charge >= 0.3 is 0 Å². The number of hydrogen-bond acceptors (Lipinski definition) is 6. The van der Waals surface area contributed by atoms with Gasteiger partial charge in [0, 0.05) is 11.8 Å². The molecule has 0 aliphatic carbocycles. The van der Waals surface area contributed by atoms with E-state index in [1.807, 2.05) is 60.7 Å². The van der Waals surface area contributed by atoms with Crippen LogP contribution in [0.25, 0.3) is 0 Å². The van der Waals surface area contributed by atoms with Crippen molar-refractivity contribution in [2.75, 3.05) is 11.9 Å². The summed E-state index contributed by atoms with van der Waals surface area (Å²) in [6.45, 7) is 0.205. The number of aromatic hydroxyl groups is 1. The fourth-order valence-corrected chi connectivity index (χ4v) is 3.29. The Kier molecular flexibility index (Phi) is 8.24. The van der Waals surface area contributed by atoms with Crippen molar-refractivity contribution in [3.63, 3.8) is 0 Å². The van der Waals surface area contributed by atoms with Gasteiger partial charge in [-0.1, -0.05) is 54.6 Å². The number of nitrogens with zero attached hydrogens (tertiary/aromatic N) is 1. The molecule has 0 aliphatic rings. The lowest BCUT2D eigenvalue weighted by Crippen LogP contribution is -2.47. The van der Waals surface area contributed by atoms with E-state index in [4.69, 9.17) is 9.47 Å². The Labute approximate surface area is 208 Å². The van der Waals surface area contributed by atoms with Gasteiger partial charge in [0.1, 0.15) is 23.2 Å². The minimum absolute atomic E-state index is 0.0155. The Morgan fingerprint density at radius 3 is 2.17 bits per heavy atom. The molecule has 1 aromatic heterocycles. The Morgan fingerprint density at radius 1 is 0.806 bits per heavy atom. The zero-order chi connectivity index (χ0) is 25.2. The van der Waals surface area contributed by atoms with Crippen LogP contribution in [0.3, 0.4) is 0 Å². The van der Waals surface area contributed by atoms with Crippen molar-refractivity contribution >= 4 is 17.5 Å². The lowest BCUT2D eigenvalue weighted by Gasteiger charge is -2.19. The monoisotopic (exact) mass is 483 g/mol. The molecule has 8 nitrogen and oxygen atoms in total. The van der Waals surface area contributed by atoms with Crippen LogP contribution >= 0.6 is 0 Å². The van der Waals surface area contributed by atoms with Crippen molar-refractivity contribution in [1.29, 1.82) is 0 Å². The van der Waals surface area contributed by atoms with Crippen molar-refractivity contribution in [2.45, 2.75) is 12.6 Å². The summed E-state index contributed by atoms with van der Waals surface area (Å²) in [7, 11) is 0. The Hall–Kier alpha value is -4.69. The number of benzene rings is 3. The Morgan fingerprint density at radius 2 is 1.47 bits per heavy atom. The molecule has 3 N–H and O–H groups in total. The highest BCUT2D eigenvalue weighted by Crippen LogP contribution is 2.22. The predicted octanol–water partition coefficient (Wildman–Crippen LogP) is 4.53. The van der Waals surface area contributed by atoms with Crippen LogP contribution in [0.5, 0.6) is 17.4 Å². The van der Waals surface area contributed by atoms with E-state index in [-0.39, 0.29) is 24.8 Å². The van der Waals surface area contributed by atoms with Crippen LogP contribution < -0.4 is 15.4 Å². The van der Waals surface area contributed by atoms with E-state index in [9.17, 15) is 14.7 Å². The molecule has 0 saturated heterocycles. The molecule has 0 saturated carbocycles. The molecule has 1 atom stereocenters. The molecule has 4 rings (SSSR count). The summed E-state index contributed by atoms with van der Waals surface area (Å²) in [4.78, 5) is 29.5. The molecule has 0 aliphatic heterocycles. The molecule has 3 aromatic carbocycles. The van der Waals surface area contributed by atoms with E-state index in [2.05, 4.69) is 15.6 Å². The van der Waals surface area contributed by atoms with E-state index in [0.717, 1.165) is 5.56 Å². The summed E-state index contributed by atoms with van der Waals surface area (Å²) < 4.78 is 11.5. The minimum Gasteiger partial charge on any atom is -0.493 e. The first-order valence-electron chi connectivity index (χ1n) is 11.3. The molecule has 0 fully saturated rings. The maximum Gasteiger partial charge on any atom is 0.270 e. The predicted molar refractivity (Wildman–Crippen MR) is 135 cm³/mol. The SMILES string of the molecule is O=C(NC(COCc1ccccc1)C(=O)Nc1ccc(Oc2ccccc2)cc1)c1cccc(O)n1. The van der Waals surface area contributed by atoms with Crippen LogP contribution in [0.2, 0.25) is 0 Å². The molecular weight excluding hydrogens is 458 g/mol. The van der Waals surface area contributed by atoms with E-state index >= 15 is 0 Å². The number of carbonyl (C=O) groups is 2. The molecule has 8 heteroatoms. The first kappa shape index (κ1) is 24.4. The second-order valence-corrected chi connectivity index (χ2v) is 7.84. The number of rotatable bonds is 10. The maximum absolute atomic E-state index is 13.1. The molecule has 36 heavy (non-hydrogen) atoms. The van der Waals surface area contributed by atoms with Gasteiger partial charge in [-0.25, -0.2) is 4.98 Å². The fraction of sp³-hybridized carbons (Fsp3) is 0.107. The highest BCUT2D eigenvalue weighted by molar-refractivity contribution is 6.00. The Balaban J connectivity index is 1.41. The van der Waals surface area contributed by atoms with Crippen molar-refractivity contribution in [3.8, 4) is 17.4 Å². The van der Waals surface area contributed by atoms with Gasteiger partial charge < -0.3 is 25.2 Å². The highest BCUT2D eigenvalue weighted by Gasteiger charge is 2.23. The molecule has 2 amide bonds. The molecular formula is C28H25N3O5. The largest absolute Gasteiger partial charge is 0.493 e. The Bertz CT molecular complexity index is 1280. The summed E-state index contributed by atoms with van der Waals surface area (Å²) in [6, 6.07) is 29.0. The average Bonchev–Trinajstić information content (AvgIpc) is 2.90. The highest BCUT2D eigenvalue weighted by atomic mass is 16.5. The normalized spacial score (nSPS) is 11.3. The molecule has 182 valence electrons. The van der Waals surface area contributed by atoms with Gasteiger partial charge in [-0.3, -0.25) is 9.59 Å². The molecule has 0 spiro atoms. The van der Waals surface area contributed by atoms with Crippen LogP contribution in [0, 0.1) is 0 Å². The van der Waals surface area contributed by atoms with Gasteiger partial charge in [-0.15, -0.1) is 0 Å². The number of hydrogen-bond donors (Lipinski definition) is 3. The van der Waals surface area contributed by atoms with Crippen LogP contribution in [0.4, 0.5) is 5.69 Å². The van der Waals surface area contributed by atoms with E-state index in [1.54, 1.807) is 24.3 Å². The standard InChI is InChI=1S/C28H25N3O5/c32-26-13-7-12-24(30-26)27(33)31-25(19-35-18-20-8-3-1-4-9-20)28(34)29-21-14-16-23(17-15-21)36-22-10-5-2-6-11-22/h1-17,25H,18-19H2,(H,29,34)(H,30,32)(H,31,33). The third kappa shape index (κ3) is 7.15. The smallest absolute Gasteiger partial charge is 0.270 e. The van der Waals surface area contributed by atoms with Crippen molar-refractivity contribution in [3.05, 3.63) is 114 Å². The second-order valence-electron chi connectivity index (χ2n) is 7.84. The number of para-hydroxylation sites is 1. The van der Waals surface area contributed by atoms with Gasteiger partial charge in [0.05, 0.1) is 13.2 Å². The van der Waals surface area contributed by atoms with Crippen molar-refractivity contribution < 1.29 is 24.2 Å². The lowest BCUT2D eigenvalue weighted by molar-refractivity contribution is -0.119. The summed E-state index contributed by atoms with van der Waals surface area (Å²) in [5.74, 6) is -0.0468. The number of amides is 2. The summed E-state index contributed by atoms with van der Waals surface area (Å²) in [5.41, 5.74) is 1.45. The van der Waals surface area contributed by atoms with Crippen molar-refractivity contribution in [1.82, 2.24) is 10.3 Å². The third-order valence-corrected chi connectivity index (χ3v) is 5.09. The summed E-state index contributed by atoms with van der Waals surface area (Å²) in [6.07, 6.45) is 0. The van der Waals surface area contributed by atoms with Crippen LogP contribution in [0.15, 0.2) is 103 Å². The lowest BCUT2D eigenvalue weighted by atomic mass is 10.2. The molecule has 4 aromatic rings. The van der Waals surface area contributed by atoms with Gasteiger partial charge in [-0.05, 0) is 48.0 Å². The molecule has 0 bridgehead atoms. The fourth-order valence-electron chi connectivity index (χ4n) is 3.29. The molecule has 1 unspecified atom stereocenters. The topological polar surface area (TPSA) is 110 Å². The number of anilines is 1. The number of carbonyl (C=O) groups excluding carboxylic acids is 2. The first-order chi connectivity index (χ1) is 17.6. The minimum atomic E-state index is -1.01. The third-order valence-electron chi connectivity index (χ3n) is 5.09. The maximum atomic E-state index is 13.1. The van der Waals surface area contributed by atoms with Gasteiger partial charge in [0.15, 0.2) is 0 Å². The quantitative estimate of drug-likeness (QED) is 0.306. The van der Waals surface area contributed by atoms with Gasteiger partial charge in [-0.2, -0.15) is 0 Å². The van der Waals surface area contributed by atoms with E-state index in [1.165, 1.54) is 18.2 Å². The van der Waals surface area contributed by atoms with Gasteiger partial charge in [0.2, 0.25) is 11.8 Å². The molecule has 0 radical (unpaired) electrons. The average molecular weight is 484 g/mol. The van der Waals surface area contributed by atoms with Gasteiger partial charge in [0.25, 0.3) is 5.91 Å². The number of aromatic nitrogens is 1. The zero-order valence-corrected chi connectivity index (χ0v) is 19.3. The van der Waals surface area contributed by atoms with Crippen LogP contribution in [-0.4, -0.2) is 34.6 Å². The number of nitrogens with one attached hydrogen (secondary N) is 2. The number of ether oxygens (including phenoxy) is 2. The van der Waals surface area contributed by atoms with E-state index < -0.39 is 17.9 Å².